The summed E-state index contributed by atoms with van der Waals surface area (Å²) in [5, 5.41) is 0. The first-order valence-corrected chi connectivity index (χ1v) is 8.94. The van der Waals surface area contributed by atoms with Crippen LogP contribution >= 0.6 is 0 Å². The predicted octanol–water partition coefficient (Wildman–Crippen LogP) is 1.59. The van der Waals surface area contributed by atoms with E-state index in [1.54, 1.807) is 4.90 Å². The van der Waals surface area contributed by atoms with Crippen molar-refractivity contribution in [2.45, 2.75) is 70.0 Å². The van der Waals surface area contributed by atoms with Crippen LogP contribution in [0.15, 0.2) is 0 Å². The largest absolute Gasteiger partial charge is 0.337 e. The van der Waals surface area contributed by atoms with Crippen LogP contribution in [0.2, 0.25) is 0 Å². The molecule has 23 heavy (non-hydrogen) atoms. The van der Waals surface area contributed by atoms with Gasteiger partial charge in [0.05, 0.1) is 6.04 Å². The molecule has 126 valence electrons. The molecular weight excluding hydrogens is 294 g/mol. The Balaban J connectivity index is 1.57. The van der Waals surface area contributed by atoms with Crippen molar-refractivity contribution in [3.8, 4) is 0 Å². The first kappa shape index (κ1) is 15.0. The van der Waals surface area contributed by atoms with Crippen molar-refractivity contribution in [3.05, 3.63) is 0 Å². The van der Waals surface area contributed by atoms with Gasteiger partial charge in [-0.25, -0.2) is 4.79 Å². The normalized spacial score (nSPS) is 39.7. The summed E-state index contributed by atoms with van der Waals surface area (Å²) in [6.07, 6.45) is 4.65. The quantitative estimate of drug-likeness (QED) is 0.739. The van der Waals surface area contributed by atoms with Gasteiger partial charge in [0.2, 0.25) is 5.91 Å². The lowest BCUT2D eigenvalue weighted by atomic mass is 9.90. The average Bonchev–Trinajstić information content (AvgIpc) is 2.84. The zero-order valence-electron chi connectivity index (χ0n) is 14.0. The molecule has 3 saturated heterocycles. The lowest BCUT2D eigenvalue weighted by Crippen LogP contribution is -2.46. The predicted molar refractivity (Wildman–Crippen MR) is 83.5 cm³/mol. The molecule has 0 N–H and O–H groups in total. The highest BCUT2D eigenvalue weighted by molar-refractivity contribution is 6.08. The van der Waals surface area contributed by atoms with Gasteiger partial charge in [-0.1, -0.05) is 20.3 Å². The number of likely N-dealkylation sites (tertiary alicyclic amines) is 1. The number of rotatable bonds is 4. The number of hydrogen-bond acceptors (Lipinski definition) is 3. The third-order valence-electron chi connectivity index (χ3n) is 6.18. The van der Waals surface area contributed by atoms with E-state index in [0.29, 0.717) is 31.5 Å². The molecule has 4 atom stereocenters. The van der Waals surface area contributed by atoms with Crippen LogP contribution in [0, 0.1) is 5.92 Å². The van der Waals surface area contributed by atoms with Crippen molar-refractivity contribution >= 4 is 17.8 Å². The minimum atomic E-state index is -0.616. The molecule has 0 unspecified atom stereocenters. The highest BCUT2D eigenvalue weighted by atomic mass is 16.2. The van der Waals surface area contributed by atoms with E-state index in [2.05, 4.69) is 13.8 Å². The molecule has 6 heteroatoms. The molecule has 3 aliphatic heterocycles. The van der Waals surface area contributed by atoms with Gasteiger partial charge in [0, 0.05) is 25.6 Å². The Morgan fingerprint density at radius 1 is 1.26 bits per heavy atom. The number of fused-ring (bicyclic) bond motifs is 1. The summed E-state index contributed by atoms with van der Waals surface area (Å²) in [6.45, 7) is 5.40. The van der Waals surface area contributed by atoms with Crippen molar-refractivity contribution in [1.29, 1.82) is 0 Å². The van der Waals surface area contributed by atoms with Crippen LogP contribution in [0.1, 0.15) is 52.4 Å². The second kappa shape index (κ2) is 4.95. The van der Waals surface area contributed by atoms with Crippen molar-refractivity contribution in [1.82, 2.24) is 14.7 Å². The van der Waals surface area contributed by atoms with Crippen LogP contribution in [-0.2, 0) is 9.59 Å². The van der Waals surface area contributed by atoms with Gasteiger partial charge in [-0.05, 0) is 31.6 Å². The molecule has 4 rings (SSSR count). The molecule has 0 aromatic carbocycles. The topological polar surface area (TPSA) is 60.9 Å². The molecular formula is C17H25N3O3. The third kappa shape index (κ3) is 1.96. The number of imide groups is 1. The number of carbonyl (C=O) groups is 3. The maximum Gasteiger partial charge on any atom is 0.328 e. The Labute approximate surface area is 136 Å². The molecule has 4 fully saturated rings. The minimum absolute atomic E-state index is 0.0506. The Morgan fingerprint density at radius 3 is 2.65 bits per heavy atom. The molecule has 3 heterocycles. The number of hydrogen-bond donors (Lipinski definition) is 0. The number of urea groups is 1. The number of carbonyl (C=O) groups excluding carboxylic acids is 3. The molecule has 4 aliphatic rings. The summed E-state index contributed by atoms with van der Waals surface area (Å²) in [4.78, 5) is 43.3. The van der Waals surface area contributed by atoms with Gasteiger partial charge in [0.15, 0.2) is 0 Å². The van der Waals surface area contributed by atoms with Crippen LogP contribution in [-0.4, -0.2) is 63.3 Å². The Kier molecular flexibility index (Phi) is 3.22. The lowest BCUT2D eigenvalue weighted by Gasteiger charge is -2.27. The van der Waals surface area contributed by atoms with E-state index in [4.69, 9.17) is 0 Å². The summed E-state index contributed by atoms with van der Waals surface area (Å²) in [5.41, 5.74) is -0.616. The summed E-state index contributed by atoms with van der Waals surface area (Å²) in [6, 6.07) is -0.108. The maximum absolute atomic E-state index is 13.1. The van der Waals surface area contributed by atoms with Crippen LogP contribution in [0.4, 0.5) is 4.79 Å². The Bertz CT molecular complexity index is 577. The first-order valence-electron chi connectivity index (χ1n) is 8.94. The van der Waals surface area contributed by atoms with E-state index in [0.717, 1.165) is 32.1 Å². The zero-order chi connectivity index (χ0) is 16.4. The Hall–Kier alpha value is -1.59. The van der Waals surface area contributed by atoms with Gasteiger partial charge in [0.25, 0.3) is 5.91 Å². The van der Waals surface area contributed by atoms with Crippen LogP contribution in [0.25, 0.3) is 0 Å². The van der Waals surface area contributed by atoms with E-state index in [1.165, 1.54) is 4.90 Å². The van der Waals surface area contributed by atoms with Gasteiger partial charge >= 0.3 is 6.03 Å². The fourth-order valence-corrected chi connectivity index (χ4v) is 4.87. The maximum atomic E-state index is 13.1. The summed E-state index contributed by atoms with van der Waals surface area (Å²) < 4.78 is 0. The molecule has 0 bridgehead atoms. The monoisotopic (exact) mass is 319 g/mol. The second-order valence-electron chi connectivity index (χ2n) is 7.68. The molecule has 1 aliphatic carbocycles. The molecule has 6 nitrogen and oxygen atoms in total. The fourth-order valence-electron chi connectivity index (χ4n) is 4.87. The molecule has 0 aromatic rings. The zero-order valence-corrected chi connectivity index (χ0v) is 14.0. The summed E-state index contributed by atoms with van der Waals surface area (Å²) >= 11 is 0. The fraction of sp³-hybridized carbons (Fsp3) is 0.824. The summed E-state index contributed by atoms with van der Waals surface area (Å²) in [5.74, 6) is 0.601. The Morgan fingerprint density at radius 2 is 2.00 bits per heavy atom. The third-order valence-corrected chi connectivity index (χ3v) is 6.18. The standard InChI is InChI=1S/C17H25N3O3/c1-3-5-17-6-4-7-19(17)16(23)20(15(17)22)12-9-14(21)18(10-12)13-8-11(13)2/h11-13H,3-10H2,1-2H3/t11-,12+,13+,17+/m0/s1. The molecule has 0 radical (unpaired) electrons. The lowest BCUT2D eigenvalue weighted by molar-refractivity contribution is -0.134. The molecule has 4 amide bonds. The van der Waals surface area contributed by atoms with Crippen molar-refractivity contribution in [2.24, 2.45) is 5.92 Å². The number of amides is 4. The van der Waals surface area contributed by atoms with Gasteiger partial charge in [0.1, 0.15) is 5.54 Å². The van der Waals surface area contributed by atoms with Crippen molar-refractivity contribution in [3.63, 3.8) is 0 Å². The summed E-state index contributed by atoms with van der Waals surface area (Å²) in [7, 11) is 0. The highest BCUT2D eigenvalue weighted by Gasteiger charge is 2.61. The van der Waals surface area contributed by atoms with Crippen molar-refractivity contribution in [2.75, 3.05) is 13.1 Å². The molecule has 0 spiro atoms. The van der Waals surface area contributed by atoms with Gasteiger partial charge in [-0.2, -0.15) is 0 Å². The van der Waals surface area contributed by atoms with Gasteiger partial charge in [-0.15, -0.1) is 0 Å². The van der Waals surface area contributed by atoms with Crippen LogP contribution in [0.3, 0.4) is 0 Å². The smallest absolute Gasteiger partial charge is 0.328 e. The first-order chi connectivity index (χ1) is 11.0. The minimum Gasteiger partial charge on any atom is -0.337 e. The van der Waals surface area contributed by atoms with Crippen LogP contribution in [0.5, 0.6) is 0 Å². The van der Waals surface area contributed by atoms with Gasteiger partial charge < -0.3 is 9.80 Å². The van der Waals surface area contributed by atoms with E-state index >= 15 is 0 Å². The highest BCUT2D eigenvalue weighted by Crippen LogP contribution is 2.44. The average molecular weight is 319 g/mol. The van der Waals surface area contributed by atoms with E-state index in [1.807, 2.05) is 4.90 Å². The molecule has 1 saturated carbocycles. The SMILES string of the molecule is CCC[C@]12CCCN1C(=O)N([C@@H]1CC(=O)N([C@@H]3C[C@@H]3C)C1)C2=O. The van der Waals surface area contributed by atoms with Crippen molar-refractivity contribution < 1.29 is 14.4 Å². The van der Waals surface area contributed by atoms with Crippen LogP contribution < -0.4 is 0 Å². The molecule has 0 aromatic heterocycles. The van der Waals surface area contributed by atoms with E-state index < -0.39 is 5.54 Å². The van der Waals surface area contributed by atoms with E-state index in [-0.39, 0.29) is 23.9 Å². The second-order valence-corrected chi connectivity index (χ2v) is 7.68. The van der Waals surface area contributed by atoms with E-state index in [9.17, 15) is 14.4 Å². The number of nitrogens with zero attached hydrogens (tertiary/aromatic N) is 3. The van der Waals surface area contributed by atoms with Gasteiger partial charge in [-0.3, -0.25) is 14.5 Å².